The fourth-order valence-corrected chi connectivity index (χ4v) is 2.63. The number of hydrogen-bond donors (Lipinski definition) is 1. The Bertz CT molecular complexity index is 476. The lowest BCUT2D eigenvalue weighted by Gasteiger charge is -2.32. The zero-order valence-electron chi connectivity index (χ0n) is 11.6. The average Bonchev–Trinajstić information content (AvgIpc) is 2.47. The Labute approximate surface area is 118 Å². The van der Waals surface area contributed by atoms with E-state index in [0.29, 0.717) is 31.2 Å². The number of hydrogen-bond acceptors (Lipinski definition) is 3. The molecule has 1 unspecified atom stereocenters. The summed E-state index contributed by atoms with van der Waals surface area (Å²) in [6, 6.07) is 4.28. The average molecular weight is 281 g/mol. The van der Waals surface area contributed by atoms with Gasteiger partial charge in [-0.1, -0.05) is 0 Å². The van der Waals surface area contributed by atoms with Gasteiger partial charge in [-0.05, 0) is 37.3 Å². The predicted octanol–water partition coefficient (Wildman–Crippen LogP) is 2.07. The van der Waals surface area contributed by atoms with E-state index in [2.05, 4.69) is 0 Å². The Morgan fingerprint density at radius 2 is 2.35 bits per heavy atom. The van der Waals surface area contributed by atoms with Crippen LogP contribution >= 0.6 is 0 Å². The number of carbonyl (C=O) groups excluding carboxylic acids is 1. The summed E-state index contributed by atoms with van der Waals surface area (Å²) in [6.45, 7) is 1.36. The second-order valence-electron chi connectivity index (χ2n) is 5.12. The van der Waals surface area contributed by atoms with Crippen LogP contribution in [0.25, 0.3) is 0 Å². The van der Waals surface area contributed by atoms with Crippen molar-refractivity contribution >= 4 is 5.91 Å². The van der Waals surface area contributed by atoms with E-state index in [4.69, 9.17) is 9.84 Å². The summed E-state index contributed by atoms with van der Waals surface area (Å²) in [5.74, 6) is -0.138. The number of rotatable bonds is 4. The second kappa shape index (κ2) is 6.70. The molecule has 1 N–H and O–H groups in total. The smallest absolute Gasteiger partial charge is 0.256 e. The number of aliphatic hydroxyl groups excluding tert-OH is 1. The molecule has 1 atom stereocenters. The van der Waals surface area contributed by atoms with Gasteiger partial charge in [0.15, 0.2) is 0 Å². The quantitative estimate of drug-likeness (QED) is 0.919. The first-order valence-electron chi connectivity index (χ1n) is 6.89. The molecule has 0 bridgehead atoms. The third-order valence-electron chi connectivity index (χ3n) is 3.75. The number of aliphatic hydroxyl groups is 1. The summed E-state index contributed by atoms with van der Waals surface area (Å²) in [5, 5.41) is 8.98. The fourth-order valence-electron chi connectivity index (χ4n) is 2.63. The van der Waals surface area contributed by atoms with E-state index in [-0.39, 0.29) is 18.1 Å². The predicted molar refractivity (Wildman–Crippen MR) is 73.3 cm³/mol. The molecule has 1 fully saturated rings. The molecule has 0 aliphatic carbocycles. The highest BCUT2D eigenvalue weighted by Crippen LogP contribution is 2.23. The fraction of sp³-hybridized carbons (Fsp3) is 0.533. The first-order chi connectivity index (χ1) is 9.65. The minimum absolute atomic E-state index is 0.0791. The highest BCUT2D eigenvalue weighted by Gasteiger charge is 2.25. The van der Waals surface area contributed by atoms with Crippen LogP contribution in [0.5, 0.6) is 5.75 Å². The van der Waals surface area contributed by atoms with Gasteiger partial charge >= 0.3 is 0 Å². The van der Waals surface area contributed by atoms with E-state index in [1.807, 2.05) is 0 Å². The van der Waals surface area contributed by atoms with Gasteiger partial charge in [-0.2, -0.15) is 0 Å². The first kappa shape index (κ1) is 14.8. The standard InChI is InChI=1S/C15H20FNO3/c1-20-12-4-5-13(14(16)9-12)15(19)17-7-2-3-11(10-17)6-8-18/h4-5,9,11,18H,2-3,6-8,10H2,1H3. The van der Waals surface area contributed by atoms with Gasteiger partial charge in [0, 0.05) is 25.8 Å². The highest BCUT2D eigenvalue weighted by atomic mass is 19.1. The van der Waals surface area contributed by atoms with Crippen LogP contribution in [0.3, 0.4) is 0 Å². The molecular formula is C15H20FNO3. The van der Waals surface area contributed by atoms with Crippen LogP contribution in [0.15, 0.2) is 18.2 Å². The zero-order valence-corrected chi connectivity index (χ0v) is 11.6. The lowest BCUT2D eigenvalue weighted by atomic mass is 9.94. The largest absolute Gasteiger partial charge is 0.497 e. The van der Waals surface area contributed by atoms with E-state index in [9.17, 15) is 9.18 Å². The molecule has 0 aromatic heterocycles. The van der Waals surface area contributed by atoms with Gasteiger partial charge in [0.25, 0.3) is 5.91 Å². The van der Waals surface area contributed by atoms with Gasteiger partial charge < -0.3 is 14.7 Å². The molecule has 1 amide bonds. The number of halogens is 1. The van der Waals surface area contributed by atoms with Crippen LogP contribution < -0.4 is 4.74 Å². The Hall–Kier alpha value is -1.62. The number of ether oxygens (including phenoxy) is 1. The number of amides is 1. The van der Waals surface area contributed by atoms with Crippen LogP contribution in [0.1, 0.15) is 29.6 Å². The summed E-state index contributed by atoms with van der Waals surface area (Å²) in [6.07, 6.45) is 2.60. The van der Waals surface area contributed by atoms with Crippen molar-refractivity contribution in [1.29, 1.82) is 0 Å². The number of methoxy groups -OCH3 is 1. The Balaban J connectivity index is 2.10. The molecule has 1 aromatic carbocycles. The molecule has 1 aliphatic rings. The lowest BCUT2D eigenvalue weighted by molar-refractivity contribution is 0.0649. The van der Waals surface area contributed by atoms with Crippen LogP contribution in [0.4, 0.5) is 4.39 Å². The summed E-state index contributed by atoms with van der Waals surface area (Å²) >= 11 is 0. The molecule has 1 aromatic rings. The van der Waals surface area contributed by atoms with Crippen molar-refractivity contribution in [2.45, 2.75) is 19.3 Å². The van der Waals surface area contributed by atoms with Gasteiger partial charge in [0.05, 0.1) is 12.7 Å². The third kappa shape index (κ3) is 3.28. The normalized spacial score (nSPS) is 18.9. The summed E-state index contributed by atoms with van der Waals surface area (Å²) in [4.78, 5) is 14.0. The minimum atomic E-state index is -0.557. The second-order valence-corrected chi connectivity index (χ2v) is 5.12. The van der Waals surface area contributed by atoms with Crippen molar-refractivity contribution in [3.05, 3.63) is 29.6 Å². The minimum Gasteiger partial charge on any atom is -0.497 e. The zero-order chi connectivity index (χ0) is 14.5. The number of carbonyl (C=O) groups is 1. The van der Waals surface area contributed by atoms with Crippen molar-refractivity contribution in [1.82, 2.24) is 4.90 Å². The van der Waals surface area contributed by atoms with Crippen LogP contribution in [-0.4, -0.2) is 42.7 Å². The first-order valence-corrected chi connectivity index (χ1v) is 6.89. The molecule has 1 heterocycles. The summed E-state index contributed by atoms with van der Waals surface area (Å²) in [5.41, 5.74) is 0.0791. The number of likely N-dealkylation sites (tertiary alicyclic amines) is 1. The van der Waals surface area contributed by atoms with Gasteiger partial charge in [-0.15, -0.1) is 0 Å². The third-order valence-corrected chi connectivity index (χ3v) is 3.75. The molecule has 110 valence electrons. The SMILES string of the molecule is COc1ccc(C(=O)N2CCCC(CCO)C2)c(F)c1. The van der Waals surface area contributed by atoms with Crippen molar-refractivity contribution in [3.63, 3.8) is 0 Å². The number of nitrogens with zero attached hydrogens (tertiary/aromatic N) is 1. The monoisotopic (exact) mass is 281 g/mol. The van der Waals surface area contributed by atoms with Crippen LogP contribution in [-0.2, 0) is 0 Å². The van der Waals surface area contributed by atoms with Crippen LogP contribution in [0, 0.1) is 11.7 Å². The molecule has 0 radical (unpaired) electrons. The molecule has 5 heteroatoms. The van der Waals surface area contributed by atoms with Gasteiger partial charge in [-0.25, -0.2) is 4.39 Å². The van der Waals surface area contributed by atoms with E-state index in [1.165, 1.54) is 19.2 Å². The summed E-state index contributed by atoms with van der Waals surface area (Å²) < 4.78 is 18.9. The molecule has 4 nitrogen and oxygen atoms in total. The van der Waals surface area contributed by atoms with Crippen molar-refractivity contribution < 1.29 is 19.0 Å². The van der Waals surface area contributed by atoms with Crippen LogP contribution in [0.2, 0.25) is 0 Å². The molecule has 2 rings (SSSR count). The molecule has 20 heavy (non-hydrogen) atoms. The molecular weight excluding hydrogens is 261 g/mol. The molecule has 0 saturated carbocycles. The van der Waals surface area contributed by atoms with E-state index in [1.54, 1.807) is 11.0 Å². The van der Waals surface area contributed by atoms with E-state index < -0.39 is 5.82 Å². The van der Waals surface area contributed by atoms with Gasteiger partial charge in [-0.3, -0.25) is 4.79 Å². The molecule has 1 saturated heterocycles. The molecule has 0 spiro atoms. The Kier molecular flexibility index (Phi) is 4.95. The maximum absolute atomic E-state index is 13.9. The number of piperidine rings is 1. The summed E-state index contributed by atoms with van der Waals surface area (Å²) in [7, 11) is 1.46. The Morgan fingerprint density at radius 3 is 3.00 bits per heavy atom. The van der Waals surface area contributed by atoms with Crippen molar-refractivity contribution in [2.24, 2.45) is 5.92 Å². The van der Waals surface area contributed by atoms with E-state index >= 15 is 0 Å². The van der Waals surface area contributed by atoms with Gasteiger partial charge in [0.1, 0.15) is 11.6 Å². The highest BCUT2D eigenvalue weighted by molar-refractivity contribution is 5.94. The van der Waals surface area contributed by atoms with Gasteiger partial charge in [0.2, 0.25) is 0 Å². The Morgan fingerprint density at radius 1 is 1.55 bits per heavy atom. The maximum atomic E-state index is 13.9. The van der Waals surface area contributed by atoms with Crippen molar-refractivity contribution in [2.75, 3.05) is 26.8 Å². The van der Waals surface area contributed by atoms with Crippen molar-refractivity contribution in [3.8, 4) is 5.75 Å². The van der Waals surface area contributed by atoms with E-state index in [0.717, 1.165) is 12.8 Å². The molecule has 1 aliphatic heterocycles. The topological polar surface area (TPSA) is 49.8 Å². The number of benzene rings is 1. The lowest BCUT2D eigenvalue weighted by Crippen LogP contribution is -2.40. The maximum Gasteiger partial charge on any atom is 0.256 e.